The van der Waals surface area contributed by atoms with Gasteiger partial charge in [0, 0.05) is 36.0 Å². The minimum Gasteiger partial charge on any atom is -0.484 e. The van der Waals surface area contributed by atoms with E-state index in [0.717, 1.165) is 0 Å². The van der Waals surface area contributed by atoms with E-state index >= 15 is 0 Å². The Balaban J connectivity index is 1.56. The van der Waals surface area contributed by atoms with Crippen molar-refractivity contribution in [1.29, 1.82) is 0 Å². The smallest absolute Gasteiger partial charge is 0.271 e. The summed E-state index contributed by atoms with van der Waals surface area (Å²) in [6, 6.07) is 10.6. The Labute approximate surface area is 185 Å². The summed E-state index contributed by atoms with van der Waals surface area (Å²) in [6.45, 7) is 0.115. The van der Waals surface area contributed by atoms with E-state index in [0.29, 0.717) is 32.5 Å². The fourth-order valence-electron chi connectivity index (χ4n) is 2.35. The first-order valence-corrected chi connectivity index (χ1v) is 10.2. The third-order valence-electron chi connectivity index (χ3n) is 3.85. The summed E-state index contributed by atoms with van der Waals surface area (Å²) in [7, 11) is 1.75. The zero-order valence-corrected chi connectivity index (χ0v) is 17.9. The molecule has 1 heterocycles. The normalized spacial score (nSPS) is 10.6. The summed E-state index contributed by atoms with van der Waals surface area (Å²) in [4.78, 5) is 22.4. The average molecular weight is 468 g/mol. The summed E-state index contributed by atoms with van der Waals surface area (Å²) in [5.41, 5.74) is 0.249. The Hall–Kier alpha value is -2.82. The third kappa shape index (κ3) is 5.62. The molecule has 0 bridgehead atoms. The van der Waals surface area contributed by atoms with Gasteiger partial charge in [0.05, 0.1) is 15.7 Å². The van der Waals surface area contributed by atoms with Crippen molar-refractivity contribution in [2.24, 2.45) is 7.05 Å². The summed E-state index contributed by atoms with van der Waals surface area (Å²) < 4.78 is 7.35. The van der Waals surface area contributed by atoms with Crippen molar-refractivity contribution in [3.63, 3.8) is 0 Å². The first-order valence-electron chi connectivity index (χ1n) is 8.46. The molecule has 1 aromatic heterocycles. The lowest BCUT2D eigenvalue weighted by molar-refractivity contribution is -0.384. The fraction of sp³-hybridized carbons (Fsp3) is 0.167. The first kappa shape index (κ1) is 21.9. The molecule has 0 radical (unpaired) electrons. The molecule has 0 saturated heterocycles. The van der Waals surface area contributed by atoms with Crippen LogP contribution in [0.3, 0.4) is 0 Å². The summed E-state index contributed by atoms with van der Waals surface area (Å²) in [6.07, 6.45) is 0. The average Bonchev–Trinajstić information content (AvgIpc) is 3.07. The number of hydrogen-bond donors (Lipinski definition) is 1. The first-order chi connectivity index (χ1) is 14.3. The maximum absolute atomic E-state index is 12.2. The van der Waals surface area contributed by atoms with Crippen molar-refractivity contribution in [2.75, 3.05) is 11.1 Å². The molecule has 2 aromatic carbocycles. The number of halogens is 2. The topological polar surface area (TPSA) is 112 Å². The van der Waals surface area contributed by atoms with E-state index in [-0.39, 0.29) is 24.0 Å². The Morgan fingerprint density at radius 3 is 2.83 bits per heavy atom. The second-order valence-electron chi connectivity index (χ2n) is 5.97. The number of thioether (sulfide) groups is 1. The molecule has 0 fully saturated rings. The van der Waals surface area contributed by atoms with Gasteiger partial charge >= 0.3 is 0 Å². The Morgan fingerprint density at radius 2 is 2.07 bits per heavy atom. The van der Waals surface area contributed by atoms with Gasteiger partial charge in [-0.05, 0) is 18.2 Å². The van der Waals surface area contributed by atoms with Crippen LogP contribution in [0.2, 0.25) is 10.0 Å². The quantitative estimate of drug-likeness (QED) is 0.297. The van der Waals surface area contributed by atoms with Crippen molar-refractivity contribution >= 4 is 52.2 Å². The van der Waals surface area contributed by atoms with E-state index in [2.05, 4.69) is 15.5 Å². The van der Waals surface area contributed by atoms with Gasteiger partial charge in [-0.25, -0.2) is 0 Å². The lowest BCUT2D eigenvalue weighted by atomic mass is 10.3. The number of ether oxygens (including phenoxy) is 1. The van der Waals surface area contributed by atoms with Crippen molar-refractivity contribution in [3.05, 3.63) is 68.4 Å². The van der Waals surface area contributed by atoms with Gasteiger partial charge in [-0.3, -0.25) is 14.9 Å². The van der Waals surface area contributed by atoms with Gasteiger partial charge < -0.3 is 14.6 Å². The van der Waals surface area contributed by atoms with E-state index < -0.39 is 4.92 Å². The molecule has 0 aliphatic heterocycles. The van der Waals surface area contributed by atoms with Crippen LogP contribution in [0.4, 0.5) is 11.4 Å². The van der Waals surface area contributed by atoms with Gasteiger partial charge in [0.25, 0.3) is 5.69 Å². The van der Waals surface area contributed by atoms with Crippen LogP contribution in [0, 0.1) is 10.1 Å². The lowest BCUT2D eigenvalue weighted by Crippen LogP contribution is -2.14. The maximum Gasteiger partial charge on any atom is 0.271 e. The monoisotopic (exact) mass is 467 g/mol. The molecule has 0 unspecified atom stereocenters. The van der Waals surface area contributed by atoms with E-state index in [9.17, 15) is 14.9 Å². The molecule has 9 nitrogen and oxygen atoms in total. The van der Waals surface area contributed by atoms with Crippen molar-refractivity contribution in [3.8, 4) is 5.75 Å². The SMILES string of the molecule is Cn1c(COc2cc(Cl)ccc2Cl)nnc1SCC(=O)Nc1cccc([N+](=O)[O-])c1. The van der Waals surface area contributed by atoms with E-state index in [1.54, 1.807) is 35.9 Å². The fourth-order valence-corrected chi connectivity index (χ4v) is 3.42. The molecular formula is C18H15Cl2N5O4S. The van der Waals surface area contributed by atoms with Crippen LogP contribution in [0.15, 0.2) is 47.6 Å². The van der Waals surface area contributed by atoms with Gasteiger partial charge in [-0.15, -0.1) is 10.2 Å². The molecule has 1 N–H and O–H groups in total. The van der Waals surface area contributed by atoms with Crippen LogP contribution in [0.5, 0.6) is 5.75 Å². The van der Waals surface area contributed by atoms with Gasteiger partial charge in [0.15, 0.2) is 11.0 Å². The molecule has 0 aliphatic carbocycles. The predicted octanol–water partition coefficient (Wildman–Crippen LogP) is 4.34. The molecule has 30 heavy (non-hydrogen) atoms. The van der Waals surface area contributed by atoms with Crippen LogP contribution >= 0.6 is 35.0 Å². The molecule has 0 saturated carbocycles. The number of nitro groups is 1. The van der Waals surface area contributed by atoms with Crippen LogP contribution in [-0.2, 0) is 18.4 Å². The van der Waals surface area contributed by atoms with Gasteiger partial charge in [-0.2, -0.15) is 0 Å². The molecular weight excluding hydrogens is 453 g/mol. The van der Waals surface area contributed by atoms with Crippen molar-refractivity contribution in [1.82, 2.24) is 14.8 Å². The Kier molecular flexibility index (Phi) is 7.14. The zero-order chi connectivity index (χ0) is 21.7. The van der Waals surface area contributed by atoms with Crippen LogP contribution in [0.25, 0.3) is 0 Å². The van der Waals surface area contributed by atoms with E-state index in [4.69, 9.17) is 27.9 Å². The molecule has 0 atom stereocenters. The third-order valence-corrected chi connectivity index (χ3v) is 5.42. The van der Waals surface area contributed by atoms with Crippen LogP contribution < -0.4 is 10.1 Å². The number of non-ortho nitro benzene ring substituents is 1. The van der Waals surface area contributed by atoms with Crippen molar-refractivity contribution in [2.45, 2.75) is 11.8 Å². The zero-order valence-electron chi connectivity index (χ0n) is 15.5. The number of hydrogen-bond acceptors (Lipinski definition) is 7. The second kappa shape index (κ2) is 9.79. The highest BCUT2D eigenvalue weighted by atomic mass is 35.5. The van der Waals surface area contributed by atoms with Gasteiger partial charge in [0.2, 0.25) is 5.91 Å². The van der Waals surface area contributed by atoms with Gasteiger partial charge in [-0.1, -0.05) is 41.0 Å². The minimum absolute atomic E-state index is 0.0512. The van der Waals surface area contributed by atoms with Crippen LogP contribution in [0.1, 0.15) is 5.82 Å². The molecule has 3 aromatic rings. The summed E-state index contributed by atoms with van der Waals surface area (Å²) in [5.74, 6) is 0.688. The Bertz CT molecular complexity index is 1090. The number of rotatable bonds is 8. The summed E-state index contributed by atoms with van der Waals surface area (Å²) in [5, 5.41) is 23.0. The number of nitrogens with one attached hydrogen (secondary N) is 1. The Morgan fingerprint density at radius 1 is 1.27 bits per heavy atom. The number of aromatic nitrogens is 3. The number of nitro benzene ring substituents is 1. The number of benzene rings is 2. The maximum atomic E-state index is 12.2. The number of nitrogens with zero attached hydrogens (tertiary/aromatic N) is 4. The standard InChI is InChI=1S/C18H15Cl2N5O4S/c1-24-16(9-29-15-7-11(19)5-6-14(15)20)22-23-18(24)30-10-17(26)21-12-3-2-4-13(8-12)25(27)28/h2-8H,9-10H2,1H3,(H,21,26). The van der Waals surface area contributed by atoms with E-state index in [1.807, 2.05) is 0 Å². The largest absolute Gasteiger partial charge is 0.484 e. The number of anilines is 1. The molecule has 156 valence electrons. The van der Waals surface area contributed by atoms with Crippen LogP contribution in [-0.4, -0.2) is 31.3 Å². The molecule has 3 rings (SSSR count). The lowest BCUT2D eigenvalue weighted by Gasteiger charge is -2.08. The summed E-state index contributed by atoms with van der Waals surface area (Å²) >= 11 is 13.2. The number of carbonyl (C=O) groups is 1. The minimum atomic E-state index is -0.524. The molecule has 0 aliphatic rings. The molecule has 1 amide bonds. The highest BCUT2D eigenvalue weighted by Crippen LogP contribution is 2.28. The highest BCUT2D eigenvalue weighted by molar-refractivity contribution is 7.99. The molecule has 0 spiro atoms. The van der Waals surface area contributed by atoms with Gasteiger partial charge in [0.1, 0.15) is 12.4 Å². The van der Waals surface area contributed by atoms with E-state index in [1.165, 1.54) is 30.0 Å². The second-order valence-corrected chi connectivity index (χ2v) is 7.75. The number of carbonyl (C=O) groups excluding carboxylic acids is 1. The van der Waals surface area contributed by atoms with Crippen molar-refractivity contribution < 1.29 is 14.5 Å². The molecule has 12 heteroatoms. The highest BCUT2D eigenvalue weighted by Gasteiger charge is 2.14. The number of amides is 1. The predicted molar refractivity (Wildman–Crippen MR) is 114 cm³/mol.